The molecular formula is C22H22F3N3. The van der Waals surface area contributed by atoms with Crippen LogP contribution in [0.15, 0.2) is 54.9 Å². The van der Waals surface area contributed by atoms with Crippen LogP contribution in [0.4, 0.5) is 13.2 Å². The molecule has 0 amide bonds. The van der Waals surface area contributed by atoms with E-state index in [1.807, 2.05) is 12.1 Å². The SMILES string of the molecule is CN1CCC(c2cc(-c3ccc(C(F)(F)F)cc3)c(-c3ccncc3)[nH]2)CC1. The minimum atomic E-state index is -4.33. The van der Waals surface area contributed by atoms with Gasteiger partial charge in [-0.15, -0.1) is 0 Å². The highest BCUT2D eigenvalue weighted by Crippen LogP contribution is 2.38. The Labute approximate surface area is 162 Å². The molecule has 3 heterocycles. The van der Waals surface area contributed by atoms with Gasteiger partial charge in [0.1, 0.15) is 0 Å². The molecule has 4 rings (SSSR count). The Kier molecular flexibility index (Phi) is 4.98. The highest BCUT2D eigenvalue weighted by molar-refractivity contribution is 5.82. The van der Waals surface area contributed by atoms with Crippen molar-refractivity contribution in [3.05, 3.63) is 66.1 Å². The van der Waals surface area contributed by atoms with E-state index in [0.29, 0.717) is 5.92 Å². The fourth-order valence-electron chi connectivity index (χ4n) is 3.83. The molecule has 3 nitrogen and oxygen atoms in total. The Morgan fingerprint density at radius 3 is 2.21 bits per heavy atom. The zero-order valence-corrected chi connectivity index (χ0v) is 15.6. The molecule has 0 spiro atoms. The zero-order chi connectivity index (χ0) is 19.7. The van der Waals surface area contributed by atoms with E-state index in [1.54, 1.807) is 24.5 Å². The first-order valence-electron chi connectivity index (χ1n) is 9.41. The van der Waals surface area contributed by atoms with Crippen LogP contribution >= 0.6 is 0 Å². The van der Waals surface area contributed by atoms with Gasteiger partial charge in [0.25, 0.3) is 0 Å². The summed E-state index contributed by atoms with van der Waals surface area (Å²) >= 11 is 0. The summed E-state index contributed by atoms with van der Waals surface area (Å²) in [4.78, 5) is 9.95. The smallest absolute Gasteiger partial charge is 0.358 e. The molecule has 146 valence electrons. The van der Waals surface area contributed by atoms with Gasteiger partial charge in [-0.1, -0.05) is 12.1 Å². The van der Waals surface area contributed by atoms with Crippen molar-refractivity contribution in [1.82, 2.24) is 14.9 Å². The van der Waals surface area contributed by atoms with Crippen LogP contribution in [-0.2, 0) is 6.18 Å². The quantitative estimate of drug-likeness (QED) is 0.639. The number of halogens is 3. The molecule has 1 N–H and O–H groups in total. The second kappa shape index (κ2) is 7.43. The molecule has 1 saturated heterocycles. The largest absolute Gasteiger partial charge is 0.416 e. The fourth-order valence-corrected chi connectivity index (χ4v) is 3.83. The van der Waals surface area contributed by atoms with Crippen molar-refractivity contribution in [1.29, 1.82) is 0 Å². The Hall–Kier alpha value is -2.60. The Bertz CT molecular complexity index is 922. The van der Waals surface area contributed by atoms with Gasteiger partial charge in [-0.05, 0) is 68.9 Å². The van der Waals surface area contributed by atoms with Crippen LogP contribution in [0, 0.1) is 0 Å². The molecule has 6 heteroatoms. The summed E-state index contributed by atoms with van der Waals surface area (Å²) in [5.41, 5.74) is 4.12. The number of pyridine rings is 1. The number of hydrogen-bond donors (Lipinski definition) is 1. The number of piperidine rings is 1. The van der Waals surface area contributed by atoms with Crippen molar-refractivity contribution in [3.63, 3.8) is 0 Å². The van der Waals surface area contributed by atoms with Crippen molar-refractivity contribution < 1.29 is 13.2 Å². The molecule has 1 aromatic carbocycles. The number of aromatic nitrogens is 2. The number of nitrogens with zero attached hydrogens (tertiary/aromatic N) is 2. The van der Waals surface area contributed by atoms with Crippen LogP contribution < -0.4 is 0 Å². The molecular weight excluding hydrogens is 363 g/mol. The minimum Gasteiger partial charge on any atom is -0.358 e. The van der Waals surface area contributed by atoms with Gasteiger partial charge in [-0.2, -0.15) is 13.2 Å². The van der Waals surface area contributed by atoms with Crippen LogP contribution in [0.25, 0.3) is 22.4 Å². The van der Waals surface area contributed by atoms with Crippen LogP contribution in [0.5, 0.6) is 0 Å². The monoisotopic (exact) mass is 385 g/mol. The van der Waals surface area contributed by atoms with Crippen molar-refractivity contribution in [2.75, 3.05) is 20.1 Å². The minimum absolute atomic E-state index is 0.431. The normalized spacial score (nSPS) is 16.4. The van der Waals surface area contributed by atoms with Crippen molar-refractivity contribution in [3.8, 4) is 22.4 Å². The number of benzene rings is 1. The second-order valence-electron chi connectivity index (χ2n) is 7.40. The van der Waals surface area contributed by atoms with Gasteiger partial charge in [-0.3, -0.25) is 4.98 Å². The van der Waals surface area contributed by atoms with Gasteiger partial charge in [0.05, 0.1) is 11.3 Å². The average Bonchev–Trinajstić information content (AvgIpc) is 3.14. The summed E-state index contributed by atoms with van der Waals surface area (Å²) in [6.45, 7) is 2.09. The van der Waals surface area contributed by atoms with E-state index in [9.17, 15) is 13.2 Å². The molecule has 0 saturated carbocycles. The highest BCUT2D eigenvalue weighted by atomic mass is 19.4. The number of hydrogen-bond acceptors (Lipinski definition) is 2. The van der Waals surface area contributed by atoms with E-state index in [4.69, 9.17) is 0 Å². The standard InChI is InChI=1S/C22H22F3N3/c1-28-12-8-16(9-13-28)20-14-19(21(27-20)17-6-10-26-11-7-17)15-2-4-18(5-3-15)22(23,24)25/h2-7,10-11,14,16,27H,8-9,12-13H2,1H3. The van der Waals surface area contributed by atoms with E-state index < -0.39 is 11.7 Å². The maximum Gasteiger partial charge on any atom is 0.416 e. The fraction of sp³-hybridized carbons (Fsp3) is 0.318. The Morgan fingerprint density at radius 1 is 0.964 bits per heavy atom. The first-order valence-corrected chi connectivity index (χ1v) is 9.41. The van der Waals surface area contributed by atoms with Gasteiger partial charge < -0.3 is 9.88 Å². The zero-order valence-electron chi connectivity index (χ0n) is 15.6. The first-order chi connectivity index (χ1) is 13.4. The molecule has 0 bridgehead atoms. The van der Waals surface area contributed by atoms with Crippen LogP contribution in [0.1, 0.15) is 30.0 Å². The summed E-state index contributed by atoms with van der Waals surface area (Å²) < 4.78 is 38.8. The predicted molar refractivity (Wildman–Crippen MR) is 104 cm³/mol. The first kappa shape index (κ1) is 18.7. The van der Waals surface area contributed by atoms with Crippen LogP contribution in [0.2, 0.25) is 0 Å². The highest BCUT2D eigenvalue weighted by Gasteiger charge is 2.30. The number of H-pyrrole nitrogens is 1. The topological polar surface area (TPSA) is 31.9 Å². The summed E-state index contributed by atoms with van der Waals surface area (Å²) in [6.07, 6.45) is 1.26. The Balaban J connectivity index is 1.74. The van der Waals surface area contributed by atoms with Crippen molar-refractivity contribution in [2.45, 2.75) is 24.9 Å². The molecule has 2 aromatic heterocycles. The molecule has 0 radical (unpaired) electrons. The van der Waals surface area contributed by atoms with Gasteiger partial charge in [0, 0.05) is 35.1 Å². The van der Waals surface area contributed by atoms with Gasteiger partial charge in [-0.25, -0.2) is 0 Å². The lowest BCUT2D eigenvalue weighted by atomic mass is 9.93. The van der Waals surface area contributed by atoms with Gasteiger partial charge in [0.2, 0.25) is 0 Å². The average molecular weight is 385 g/mol. The Morgan fingerprint density at radius 2 is 1.61 bits per heavy atom. The van der Waals surface area contributed by atoms with E-state index in [2.05, 4.69) is 28.0 Å². The lowest BCUT2D eigenvalue weighted by Crippen LogP contribution is -2.29. The van der Waals surface area contributed by atoms with E-state index in [0.717, 1.165) is 66.1 Å². The lowest BCUT2D eigenvalue weighted by molar-refractivity contribution is -0.137. The maximum absolute atomic E-state index is 12.9. The second-order valence-corrected chi connectivity index (χ2v) is 7.40. The predicted octanol–water partition coefficient (Wildman–Crippen LogP) is 5.57. The molecule has 0 atom stereocenters. The molecule has 1 aliphatic rings. The van der Waals surface area contributed by atoms with Crippen molar-refractivity contribution >= 4 is 0 Å². The van der Waals surface area contributed by atoms with Gasteiger partial charge >= 0.3 is 6.18 Å². The molecule has 1 aliphatic heterocycles. The maximum atomic E-state index is 12.9. The number of likely N-dealkylation sites (tertiary alicyclic amines) is 1. The third-order valence-corrected chi connectivity index (χ3v) is 5.49. The molecule has 0 unspecified atom stereocenters. The van der Waals surface area contributed by atoms with Crippen molar-refractivity contribution in [2.24, 2.45) is 0 Å². The van der Waals surface area contributed by atoms with Crippen LogP contribution in [0.3, 0.4) is 0 Å². The number of alkyl halides is 3. The third-order valence-electron chi connectivity index (χ3n) is 5.49. The number of rotatable bonds is 3. The molecule has 0 aliphatic carbocycles. The van der Waals surface area contributed by atoms with E-state index in [1.165, 1.54) is 0 Å². The summed E-state index contributed by atoms with van der Waals surface area (Å²) in [6, 6.07) is 11.3. The van der Waals surface area contributed by atoms with Gasteiger partial charge in [0.15, 0.2) is 0 Å². The molecule has 3 aromatic rings. The van der Waals surface area contributed by atoms with Crippen LogP contribution in [-0.4, -0.2) is 35.0 Å². The summed E-state index contributed by atoms with van der Waals surface area (Å²) in [7, 11) is 2.13. The lowest BCUT2D eigenvalue weighted by Gasteiger charge is -2.28. The number of aromatic amines is 1. The number of nitrogens with one attached hydrogen (secondary N) is 1. The third kappa shape index (κ3) is 3.83. The van der Waals surface area contributed by atoms with E-state index in [-0.39, 0.29) is 0 Å². The molecule has 1 fully saturated rings. The summed E-state index contributed by atoms with van der Waals surface area (Å²) in [5.74, 6) is 0.431. The molecule has 28 heavy (non-hydrogen) atoms. The van der Waals surface area contributed by atoms with E-state index >= 15 is 0 Å². The summed E-state index contributed by atoms with van der Waals surface area (Å²) in [5, 5.41) is 0.